The fraction of sp³-hybridized carbons (Fsp3) is 0.217. The molecule has 0 saturated carbocycles. The number of rotatable bonds is 2. The summed E-state index contributed by atoms with van der Waals surface area (Å²) in [6.45, 7) is 5.77. The molecule has 144 valence electrons. The van der Waals surface area contributed by atoms with Gasteiger partial charge < -0.3 is 19.2 Å². The molecule has 0 spiro atoms. The summed E-state index contributed by atoms with van der Waals surface area (Å²) in [5.41, 5.74) is 6.69. The van der Waals surface area contributed by atoms with Crippen molar-refractivity contribution in [2.75, 3.05) is 5.32 Å². The van der Waals surface area contributed by atoms with Gasteiger partial charge >= 0.3 is 0 Å². The summed E-state index contributed by atoms with van der Waals surface area (Å²) in [7, 11) is 0. The average molecular weight is 383 g/mol. The van der Waals surface area contributed by atoms with E-state index < -0.39 is 0 Å². The zero-order valence-electron chi connectivity index (χ0n) is 16.4. The molecule has 2 aromatic heterocycles. The summed E-state index contributed by atoms with van der Waals surface area (Å²) >= 11 is 0. The second kappa shape index (κ2) is 5.98. The van der Waals surface area contributed by atoms with Gasteiger partial charge in [0.05, 0.1) is 18.1 Å². The van der Waals surface area contributed by atoms with Gasteiger partial charge in [0.2, 0.25) is 0 Å². The molecule has 2 aromatic carbocycles. The fourth-order valence-electron chi connectivity index (χ4n) is 4.33. The van der Waals surface area contributed by atoms with Gasteiger partial charge in [0, 0.05) is 35.8 Å². The molecular formula is C23H21N5O. The second-order valence-electron chi connectivity index (χ2n) is 7.79. The normalized spacial score (nSPS) is 13.7. The van der Waals surface area contributed by atoms with Gasteiger partial charge in [-0.3, -0.25) is 0 Å². The van der Waals surface area contributed by atoms with E-state index in [1.165, 1.54) is 5.56 Å². The van der Waals surface area contributed by atoms with Gasteiger partial charge in [-0.2, -0.15) is 0 Å². The maximum Gasteiger partial charge on any atom is 0.143 e. The third-order valence-corrected chi connectivity index (χ3v) is 5.65. The Morgan fingerprint density at radius 3 is 2.38 bits per heavy atom. The van der Waals surface area contributed by atoms with Crippen LogP contribution in [0.4, 0.5) is 5.69 Å². The summed E-state index contributed by atoms with van der Waals surface area (Å²) in [6, 6.07) is 12.4. The van der Waals surface area contributed by atoms with E-state index in [0.717, 1.165) is 71.0 Å². The van der Waals surface area contributed by atoms with Crippen molar-refractivity contribution < 1.29 is 4.74 Å². The van der Waals surface area contributed by atoms with Gasteiger partial charge in [0.25, 0.3) is 0 Å². The van der Waals surface area contributed by atoms with Crippen LogP contribution in [-0.2, 0) is 19.6 Å². The van der Waals surface area contributed by atoms with E-state index in [0.29, 0.717) is 0 Å². The van der Waals surface area contributed by atoms with Gasteiger partial charge in [0.1, 0.15) is 23.1 Å². The van der Waals surface area contributed by atoms with Crippen molar-refractivity contribution in [1.29, 1.82) is 0 Å². The molecule has 0 bridgehead atoms. The predicted octanol–water partition coefficient (Wildman–Crippen LogP) is 4.76. The van der Waals surface area contributed by atoms with E-state index in [-0.39, 0.29) is 0 Å². The maximum absolute atomic E-state index is 6.25. The molecule has 0 amide bonds. The maximum atomic E-state index is 6.25. The van der Waals surface area contributed by atoms with E-state index in [4.69, 9.17) is 9.72 Å². The Morgan fingerprint density at radius 2 is 1.55 bits per heavy atom. The van der Waals surface area contributed by atoms with E-state index in [1.807, 2.05) is 26.0 Å². The van der Waals surface area contributed by atoms with Crippen LogP contribution in [-0.4, -0.2) is 19.1 Å². The minimum atomic E-state index is 0.736. The molecule has 6 heteroatoms. The summed E-state index contributed by atoms with van der Waals surface area (Å²) in [4.78, 5) is 9.40. The van der Waals surface area contributed by atoms with E-state index in [9.17, 15) is 0 Å². The lowest BCUT2D eigenvalue weighted by atomic mass is 10.0. The smallest absolute Gasteiger partial charge is 0.143 e. The zero-order chi connectivity index (χ0) is 19.5. The Morgan fingerprint density at radius 1 is 0.862 bits per heavy atom. The molecule has 29 heavy (non-hydrogen) atoms. The quantitative estimate of drug-likeness (QED) is 0.542. The number of anilines is 1. The molecule has 6 rings (SSSR count). The van der Waals surface area contributed by atoms with Crippen LogP contribution in [0.2, 0.25) is 0 Å². The largest absolute Gasteiger partial charge is 0.457 e. The van der Waals surface area contributed by atoms with Gasteiger partial charge in [-0.25, -0.2) is 9.97 Å². The number of ether oxygens (including phenoxy) is 1. The van der Waals surface area contributed by atoms with Crippen LogP contribution in [0, 0.1) is 13.8 Å². The monoisotopic (exact) mass is 383 g/mol. The number of aryl methyl sites for hydroxylation is 4. The Hall–Kier alpha value is -3.54. The first-order chi connectivity index (χ1) is 14.1. The lowest BCUT2D eigenvalue weighted by Crippen LogP contribution is -2.14. The summed E-state index contributed by atoms with van der Waals surface area (Å²) < 4.78 is 10.6. The lowest BCUT2D eigenvalue weighted by Gasteiger charge is -2.21. The highest BCUT2D eigenvalue weighted by atomic mass is 16.5. The Labute approximate surface area is 168 Å². The van der Waals surface area contributed by atoms with Crippen molar-refractivity contribution in [3.05, 3.63) is 65.7 Å². The molecule has 4 heterocycles. The van der Waals surface area contributed by atoms with Crippen LogP contribution < -0.4 is 10.1 Å². The molecule has 0 saturated heterocycles. The first kappa shape index (κ1) is 16.4. The molecule has 1 N–H and O–H groups in total. The molecule has 0 unspecified atom stereocenters. The highest BCUT2D eigenvalue weighted by Crippen LogP contribution is 2.37. The Bertz CT molecular complexity index is 1170. The van der Waals surface area contributed by atoms with Crippen LogP contribution in [0.3, 0.4) is 0 Å². The van der Waals surface area contributed by atoms with Crippen molar-refractivity contribution in [3.63, 3.8) is 0 Å². The Kier molecular flexibility index (Phi) is 3.38. The van der Waals surface area contributed by atoms with Gasteiger partial charge in [-0.05, 0) is 56.2 Å². The first-order valence-corrected chi connectivity index (χ1v) is 9.91. The third-order valence-electron chi connectivity index (χ3n) is 5.65. The number of nitrogens with zero attached hydrogens (tertiary/aromatic N) is 4. The zero-order valence-corrected chi connectivity index (χ0v) is 16.4. The van der Waals surface area contributed by atoms with Crippen LogP contribution >= 0.6 is 0 Å². The van der Waals surface area contributed by atoms with Crippen LogP contribution in [0.15, 0.2) is 48.8 Å². The average Bonchev–Trinajstić information content (AvgIpc) is 3.29. The molecular weight excluding hydrogens is 362 g/mol. The molecule has 0 atom stereocenters. The first-order valence-electron chi connectivity index (χ1n) is 9.91. The summed E-state index contributed by atoms with van der Waals surface area (Å²) in [5.74, 6) is 3.63. The van der Waals surface area contributed by atoms with Crippen molar-refractivity contribution in [2.24, 2.45) is 0 Å². The number of hydrogen-bond donors (Lipinski definition) is 1. The van der Waals surface area contributed by atoms with Crippen LogP contribution in [0.25, 0.3) is 22.8 Å². The summed E-state index contributed by atoms with van der Waals surface area (Å²) in [6.07, 6.45) is 5.20. The topological polar surface area (TPSA) is 56.9 Å². The van der Waals surface area contributed by atoms with Gasteiger partial charge in [0.15, 0.2) is 0 Å². The number of aromatic nitrogens is 4. The van der Waals surface area contributed by atoms with Crippen molar-refractivity contribution >= 4 is 5.69 Å². The highest BCUT2D eigenvalue weighted by Gasteiger charge is 2.20. The van der Waals surface area contributed by atoms with Gasteiger partial charge in [-0.1, -0.05) is 6.07 Å². The second-order valence-corrected chi connectivity index (χ2v) is 7.79. The molecule has 0 aliphatic carbocycles. The number of nitrogens with one attached hydrogen (secondary N) is 1. The minimum absolute atomic E-state index is 0.736. The highest BCUT2D eigenvalue weighted by molar-refractivity contribution is 5.77. The van der Waals surface area contributed by atoms with Crippen molar-refractivity contribution in [2.45, 2.75) is 33.5 Å². The van der Waals surface area contributed by atoms with E-state index >= 15 is 0 Å². The van der Waals surface area contributed by atoms with Crippen LogP contribution in [0.5, 0.6) is 11.5 Å². The molecule has 2 aliphatic rings. The lowest BCUT2D eigenvalue weighted by molar-refractivity contribution is 0.482. The number of benzene rings is 2. The van der Waals surface area contributed by atoms with Crippen molar-refractivity contribution in [1.82, 2.24) is 19.1 Å². The molecule has 2 aliphatic heterocycles. The fourth-order valence-corrected chi connectivity index (χ4v) is 4.33. The SMILES string of the molecule is Cc1cn2c(n1)-c1cc(Oc3ccc4c(c3)-c3nc(C)cn3CN4)ccc1CC2. The van der Waals surface area contributed by atoms with Gasteiger partial charge in [-0.15, -0.1) is 0 Å². The number of fused-ring (bicyclic) bond motifs is 6. The molecule has 4 aromatic rings. The Balaban J connectivity index is 1.37. The number of hydrogen-bond acceptors (Lipinski definition) is 4. The molecule has 0 radical (unpaired) electrons. The van der Waals surface area contributed by atoms with Crippen molar-refractivity contribution in [3.8, 4) is 34.3 Å². The third kappa shape index (κ3) is 2.63. The van der Waals surface area contributed by atoms with Crippen LogP contribution in [0.1, 0.15) is 17.0 Å². The van der Waals surface area contributed by atoms with E-state index in [1.54, 1.807) is 0 Å². The predicted molar refractivity (Wildman–Crippen MR) is 112 cm³/mol. The standard InChI is InChI=1S/C23H21N5O/c1-14-11-27-8-7-16-3-4-17(9-19(16)22(27)25-14)29-18-5-6-21-20(10-18)23-26-15(2)12-28(23)13-24-21/h3-6,9-12,24H,7-8,13H2,1-2H3. The minimum Gasteiger partial charge on any atom is -0.457 e. The number of imidazole rings is 2. The van der Waals surface area contributed by atoms with E-state index in [2.05, 4.69) is 56.1 Å². The molecule has 6 nitrogen and oxygen atoms in total. The summed E-state index contributed by atoms with van der Waals surface area (Å²) in [5, 5.41) is 3.43. The molecule has 0 fully saturated rings.